The van der Waals surface area contributed by atoms with Crippen LogP contribution < -0.4 is 20.7 Å². The number of anilines is 2. The van der Waals surface area contributed by atoms with E-state index >= 15 is 0 Å². The molecule has 188 valence electrons. The molecule has 0 heterocycles. The van der Waals surface area contributed by atoms with Crippen molar-refractivity contribution in [2.45, 2.75) is 51.0 Å². The normalized spacial score (nSPS) is 13.6. The van der Waals surface area contributed by atoms with Crippen molar-refractivity contribution < 1.29 is 14.3 Å². The highest BCUT2D eigenvalue weighted by atomic mass is 16.5. The van der Waals surface area contributed by atoms with Gasteiger partial charge in [0.15, 0.2) is 0 Å². The third-order valence-electron chi connectivity index (χ3n) is 6.38. The Balaban J connectivity index is 1.17. The van der Waals surface area contributed by atoms with Crippen LogP contribution in [0.15, 0.2) is 78.9 Å². The van der Waals surface area contributed by atoms with Crippen LogP contribution >= 0.6 is 0 Å². The van der Waals surface area contributed by atoms with E-state index in [9.17, 15) is 9.59 Å². The fourth-order valence-electron chi connectivity index (χ4n) is 4.42. The first kappa shape index (κ1) is 25.3. The van der Waals surface area contributed by atoms with Crippen molar-refractivity contribution in [3.8, 4) is 5.75 Å². The summed E-state index contributed by atoms with van der Waals surface area (Å²) in [5, 5.41) is 9.12. The molecule has 6 heteroatoms. The van der Waals surface area contributed by atoms with Crippen molar-refractivity contribution in [2.75, 3.05) is 23.8 Å². The lowest BCUT2D eigenvalue weighted by molar-refractivity contribution is -0.114. The third kappa shape index (κ3) is 8.15. The van der Waals surface area contributed by atoms with Crippen LogP contribution in [-0.2, 0) is 11.2 Å². The molecule has 0 unspecified atom stereocenters. The van der Waals surface area contributed by atoms with Gasteiger partial charge in [-0.25, -0.2) is 0 Å². The number of rotatable bonds is 11. The average Bonchev–Trinajstić information content (AvgIpc) is 2.92. The summed E-state index contributed by atoms with van der Waals surface area (Å²) in [5.74, 6) is 0.559. The van der Waals surface area contributed by atoms with Crippen LogP contribution in [0.25, 0.3) is 0 Å². The average molecular weight is 486 g/mol. The van der Waals surface area contributed by atoms with Gasteiger partial charge >= 0.3 is 0 Å². The minimum Gasteiger partial charge on any atom is -0.494 e. The minimum atomic E-state index is -0.163. The first-order valence-electron chi connectivity index (χ1n) is 12.9. The molecular weight excluding hydrogens is 450 g/mol. The number of nitrogens with one attached hydrogen (secondary N) is 3. The van der Waals surface area contributed by atoms with Crippen molar-refractivity contribution in [1.29, 1.82) is 0 Å². The van der Waals surface area contributed by atoms with Crippen LogP contribution in [0.5, 0.6) is 5.75 Å². The van der Waals surface area contributed by atoms with E-state index in [0.717, 1.165) is 37.1 Å². The van der Waals surface area contributed by atoms with E-state index < -0.39 is 0 Å². The second-order valence-electron chi connectivity index (χ2n) is 9.25. The Bertz CT molecular complexity index is 1110. The number of hydrogen-bond acceptors (Lipinski definition) is 4. The second kappa shape index (κ2) is 13.3. The van der Waals surface area contributed by atoms with Gasteiger partial charge in [-0.1, -0.05) is 55.7 Å². The van der Waals surface area contributed by atoms with Crippen molar-refractivity contribution in [2.24, 2.45) is 0 Å². The van der Waals surface area contributed by atoms with Gasteiger partial charge in [0, 0.05) is 23.0 Å². The van der Waals surface area contributed by atoms with Crippen LogP contribution in [0, 0.1) is 0 Å². The Morgan fingerprint density at radius 3 is 2.39 bits per heavy atom. The molecular formula is C30H35N3O3. The Labute approximate surface area is 213 Å². The van der Waals surface area contributed by atoms with E-state index in [-0.39, 0.29) is 24.4 Å². The molecule has 0 bridgehead atoms. The van der Waals surface area contributed by atoms with Crippen LogP contribution in [-0.4, -0.2) is 31.0 Å². The summed E-state index contributed by atoms with van der Waals surface area (Å²) in [6.07, 6.45) is 7.61. The first-order chi connectivity index (χ1) is 17.7. The predicted molar refractivity (Wildman–Crippen MR) is 145 cm³/mol. The summed E-state index contributed by atoms with van der Waals surface area (Å²) in [5.41, 5.74) is 3.35. The largest absolute Gasteiger partial charge is 0.494 e. The van der Waals surface area contributed by atoms with Gasteiger partial charge in [0.2, 0.25) is 5.91 Å². The molecule has 36 heavy (non-hydrogen) atoms. The fourth-order valence-corrected chi connectivity index (χ4v) is 4.42. The van der Waals surface area contributed by atoms with Gasteiger partial charge in [-0.2, -0.15) is 0 Å². The lowest BCUT2D eigenvalue weighted by Crippen LogP contribution is -2.36. The van der Waals surface area contributed by atoms with Crippen molar-refractivity contribution in [3.63, 3.8) is 0 Å². The van der Waals surface area contributed by atoms with Gasteiger partial charge in [0.05, 0.1) is 13.2 Å². The lowest BCUT2D eigenvalue weighted by Gasteiger charge is -2.22. The molecule has 0 saturated heterocycles. The molecule has 0 atom stereocenters. The van der Waals surface area contributed by atoms with Crippen LogP contribution in [0.3, 0.4) is 0 Å². The van der Waals surface area contributed by atoms with Crippen molar-refractivity contribution in [1.82, 2.24) is 5.32 Å². The Kier molecular flexibility index (Phi) is 9.37. The molecule has 1 fully saturated rings. The number of ether oxygens (including phenoxy) is 1. The zero-order valence-corrected chi connectivity index (χ0v) is 20.7. The highest BCUT2D eigenvalue weighted by molar-refractivity contribution is 5.96. The molecule has 1 saturated carbocycles. The number of carbonyl (C=O) groups is 2. The monoisotopic (exact) mass is 485 g/mol. The Morgan fingerprint density at radius 2 is 1.61 bits per heavy atom. The molecule has 0 radical (unpaired) electrons. The summed E-state index contributed by atoms with van der Waals surface area (Å²) >= 11 is 0. The Hall–Kier alpha value is -3.80. The van der Waals surface area contributed by atoms with E-state index in [2.05, 4.69) is 28.1 Å². The number of aryl methyl sites for hydroxylation is 1. The van der Waals surface area contributed by atoms with Gasteiger partial charge in [0.1, 0.15) is 5.75 Å². The summed E-state index contributed by atoms with van der Waals surface area (Å²) in [6.45, 7) is 0.744. The van der Waals surface area contributed by atoms with E-state index in [4.69, 9.17) is 4.74 Å². The third-order valence-corrected chi connectivity index (χ3v) is 6.38. The minimum absolute atomic E-state index is 0.0580. The molecule has 2 amide bonds. The Morgan fingerprint density at radius 1 is 0.833 bits per heavy atom. The van der Waals surface area contributed by atoms with Crippen LogP contribution in [0.2, 0.25) is 0 Å². The maximum Gasteiger partial charge on any atom is 0.251 e. The van der Waals surface area contributed by atoms with Gasteiger partial charge in [-0.3, -0.25) is 9.59 Å². The molecule has 6 nitrogen and oxygen atoms in total. The van der Waals surface area contributed by atoms with Gasteiger partial charge in [0.25, 0.3) is 5.91 Å². The molecule has 0 spiro atoms. The van der Waals surface area contributed by atoms with Crippen LogP contribution in [0.1, 0.15) is 54.4 Å². The molecule has 1 aliphatic carbocycles. The van der Waals surface area contributed by atoms with Gasteiger partial charge < -0.3 is 20.7 Å². The summed E-state index contributed by atoms with van der Waals surface area (Å²) in [7, 11) is 0. The van der Waals surface area contributed by atoms with Crippen molar-refractivity contribution >= 4 is 23.2 Å². The molecule has 4 rings (SSSR count). The van der Waals surface area contributed by atoms with Gasteiger partial charge in [-0.15, -0.1) is 0 Å². The number of benzene rings is 3. The molecule has 3 N–H and O–H groups in total. The smallest absolute Gasteiger partial charge is 0.251 e. The first-order valence-corrected chi connectivity index (χ1v) is 12.9. The van der Waals surface area contributed by atoms with E-state index in [0.29, 0.717) is 17.9 Å². The summed E-state index contributed by atoms with van der Waals surface area (Å²) in [4.78, 5) is 25.0. The molecule has 1 aliphatic rings. The number of amides is 2. The molecule has 0 aliphatic heterocycles. The van der Waals surface area contributed by atoms with Gasteiger partial charge in [-0.05, 0) is 73.7 Å². The fraction of sp³-hybridized carbons (Fsp3) is 0.333. The molecule has 3 aromatic rings. The molecule has 0 aromatic heterocycles. The second-order valence-corrected chi connectivity index (χ2v) is 9.25. The van der Waals surface area contributed by atoms with E-state index in [1.807, 2.05) is 54.6 Å². The summed E-state index contributed by atoms with van der Waals surface area (Å²) in [6, 6.07) is 25.3. The van der Waals surface area contributed by atoms with E-state index in [1.165, 1.54) is 24.8 Å². The highest BCUT2D eigenvalue weighted by Gasteiger charge is 2.16. The number of hydrogen-bond donors (Lipinski definition) is 3. The summed E-state index contributed by atoms with van der Waals surface area (Å²) < 4.78 is 5.81. The van der Waals surface area contributed by atoms with Crippen LogP contribution in [0.4, 0.5) is 11.4 Å². The topological polar surface area (TPSA) is 79.5 Å². The maximum atomic E-state index is 12.6. The van der Waals surface area contributed by atoms with Crippen molar-refractivity contribution in [3.05, 3.63) is 90.0 Å². The zero-order chi connectivity index (χ0) is 25.0. The standard InChI is InChI=1S/C30H35N3O3/c34-29(22-31-27-15-7-12-24(21-27)30(35)33-25-13-5-2-6-14-25)32-26-16-18-28(19-17-26)36-20-8-11-23-9-3-1-4-10-23/h1,3-4,7,9-10,12,15-19,21,25,31H,2,5-6,8,11,13-14,20,22H2,(H,32,34)(H,33,35). The highest BCUT2D eigenvalue weighted by Crippen LogP contribution is 2.19. The van der Waals surface area contributed by atoms with E-state index in [1.54, 1.807) is 12.1 Å². The SMILES string of the molecule is O=C(CNc1cccc(C(=O)NC2CCCCC2)c1)Nc1ccc(OCCCc2ccccc2)cc1. The zero-order valence-electron chi connectivity index (χ0n) is 20.7. The maximum absolute atomic E-state index is 12.6. The number of carbonyl (C=O) groups excluding carboxylic acids is 2. The lowest BCUT2D eigenvalue weighted by atomic mass is 9.95. The quantitative estimate of drug-likeness (QED) is 0.299. The predicted octanol–water partition coefficient (Wildman–Crippen LogP) is 5.81. The molecule has 3 aromatic carbocycles.